The van der Waals surface area contributed by atoms with E-state index in [1.54, 1.807) is 0 Å². The minimum Gasteiger partial charge on any atom is -0.440 e. The first-order chi connectivity index (χ1) is 8.47. The summed E-state index contributed by atoms with van der Waals surface area (Å²) in [6.07, 6.45) is 0. The topological polar surface area (TPSA) is 68.3 Å². The molecule has 2 aromatic rings. The number of nitrogens with one attached hydrogen (secondary N) is 1. The molecule has 0 aliphatic rings. The van der Waals surface area contributed by atoms with Crippen molar-refractivity contribution >= 4 is 28.9 Å². The maximum atomic E-state index is 13.4. The van der Waals surface area contributed by atoms with Crippen molar-refractivity contribution < 1.29 is 18.0 Å². The van der Waals surface area contributed by atoms with Crippen LogP contribution in [-0.2, 0) is 0 Å². The lowest BCUT2D eigenvalue weighted by atomic mass is 10.2. The number of hydrogen-bond donors (Lipinski definition) is 2. The molecule has 1 heterocycles. The van der Waals surface area contributed by atoms with Crippen LogP contribution in [0.3, 0.4) is 0 Å². The van der Waals surface area contributed by atoms with Gasteiger partial charge >= 0.3 is 0 Å². The summed E-state index contributed by atoms with van der Waals surface area (Å²) < 4.78 is 31.0. The fourth-order valence-corrected chi connectivity index (χ4v) is 1.48. The Hall–Kier alpha value is -2.08. The summed E-state index contributed by atoms with van der Waals surface area (Å²) in [6.45, 7) is 0. The predicted octanol–water partition coefficient (Wildman–Crippen LogP) is 3.05. The van der Waals surface area contributed by atoms with Crippen LogP contribution in [0.15, 0.2) is 28.7 Å². The molecule has 7 heteroatoms. The fourth-order valence-electron chi connectivity index (χ4n) is 1.34. The molecular weight excluding hydrogens is 266 g/mol. The van der Waals surface area contributed by atoms with Gasteiger partial charge in [0, 0.05) is 6.07 Å². The Labute approximate surface area is 105 Å². The second-order valence-corrected chi connectivity index (χ2v) is 3.78. The molecule has 0 spiro atoms. The summed E-state index contributed by atoms with van der Waals surface area (Å²) in [5.41, 5.74) is 4.87. The van der Waals surface area contributed by atoms with Gasteiger partial charge in [-0.3, -0.25) is 4.79 Å². The van der Waals surface area contributed by atoms with E-state index < -0.39 is 17.5 Å². The SMILES string of the molecule is Nc1cc(F)cc(F)c1NC(=O)c1ccc(Cl)o1. The average Bonchev–Trinajstić information content (AvgIpc) is 2.70. The molecular formula is C11H7ClF2N2O2. The molecule has 18 heavy (non-hydrogen) atoms. The van der Waals surface area contributed by atoms with Gasteiger partial charge in [-0.05, 0) is 29.8 Å². The van der Waals surface area contributed by atoms with Crippen LogP contribution < -0.4 is 11.1 Å². The van der Waals surface area contributed by atoms with E-state index in [9.17, 15) is 13.6 Å². The van der Waals surface area contributed by atoms with E-state index in [0.717, 1.165) is 6.07 Å². The van der Waals surface area contributed by atoms with Crippen LogP contribution in [0.5, 0.6) is 0 Å². The normalized spacial score (nSPS) is 10.4. The van der Waals surface area contributed by atoms with Crippen molar-refractivity contribution in [2.75, 3.05) is 11.1 Å². The first-order valence-corrected chi connectivity index (χ1v) is 5.16. The number of amides is 1. The first-order valence-electron chi connectivity index (χ1n) is 4.78. The maximum Gasteiger partial charge on any atom is 0.291 e. The van der Waals surface area contributed by atoms with Crippen molar-refractivity contribution in [2.45, 2.75) is 0 Å². The van der Waals surface area contributed by atoms with Crippen LogP contribution in [-0.4, -0.2) is 5.91 Å². The number of halogens is 3. The molecule has 2 rings (SSSR count). The van der Waals surface area contributed by atoms with Gasteiger partial charge in [-0.15, -0.1) is 0 Å². The lowest BCUT2D eigenvalue weighted by Gasteiger charge is -2.08. The molecule has 0 atom stereocenters. The van der Waals surface area contributed by atoms with Gasteiger partial charge < -0.3 is 15.5 Å². The molecule has 0 aliphatic heterocycles. The highest BCUT2D eigenvalue weighted by atomic mass is 35.5. The molecule has 0 saturated carbocycles. The second kappa shape index (κ2) is 4.66. The summed E-state index contributed by atoms with van der Waals surface area (Å²) in [7, 11) is 0. The molecule has 0 aliphatic carbocycles. The Bertz CT molecular complexity index is 590. The van der Waals surface area contributed by atoms with Gasteiger partial charge in [0.15, 0.2) is 16.8 Å². The van der Waals surface area contributed by atoms with E-state index in [-0.39, 0.29) is 22.4 Å². The van der Waals surface area contributed by atoms with Crippen LogP contribution in [0.2, 0.25) is 5.22 Å². The Morgan fingerprint density at radius 3 is 2.61 bits per heavy atom. The Morgan fingerprint density at radius 1 is 1.33 bits per heavy atom. The van der Waals surface area contributed by atoms with E-state index in [1.807, 2.05) is 0 Å². The second-order valence-electron chi connectivity index (χ2n) is 3.41. The van der Waals surface area contributed by atoms with E-state index in [4.69, 9.17) is 21.8 Å². The number of nitrogens with two attached hydrogens (primary N) is 1. The van der Waals surface area contributed by atoms with Crippen LogP contribution in [0.4, 0.5) is 20.2 Å². The minimum atomic E-state index is -0.974. The van der Waals surface area contributed by atoms with Crippen molar-refractivity contribution in [1.29, 1.82) is 0 Å². The van der Waals surface area contributed by atoms with Crippen LogP contribution in [0.1, 0.15) is 10.6 Å². The zero-order valence-corrected chi connectivity index (χ0v) is 9.59. The van der Waals surface area contributed by atoms with Crippen molar-refractivity contribution in [1.82, 2.24) is 0 Å². The molecule has 4 nitrogen and oxygen atoms in total. The lowest BCUT2D eigenvalue weighted by Crippen LogP contribution is -2.14. The van der Waals surface area contributed by atoms with Gasteiger partial charge in [-0.2, -0.15) is 0 Å². The Morgan fingerprint density at radius 2 is 2.06 bits per heavy atom. The smallest absolute Gasteiger partial charge is 0.291 e. The number of carbonyl (C=O) groups excluding carboxylic acids is 1. The number of hydrogen-bond acceptors (Lipinski definition) is 3. The highest BCUT2D eigenvalue weighted by molar-refractivity contribution is 6.29. The van der Waals surface area contributed by atoms with Gasteiger partial charge in [-0.1, -0.05) is 0 Å². The highest BCUT2D eigenvalue weighted by Crippen LogP contribution is 2.25. The molecule has 0 radical (unpaired) electrons. The van der Waals surface area contributed by atoms with Gasteiger partial charge in [0.25, 0.3) is 5.91 Å². The van der Waals surface area contributed by atoms with Crippen molar-refractivity contribution in [3.63, 3.8) is 0 Å². The molecule has 1 aromatic heterocycles. The quantitative estimate of drug-likeness (QED) is 0.826. The number of furan rings is 1. The summed E-state index contributed by atoms with van der Waals surface area (Å²) in [6, 6.07) is 4.19. The zero-order valence-electron chi connectivity index (χ0n) is 8.84. The fraction of sp³-hybridized carbons (Fsp3) is 0. The molecule has 1 aromatic carbocycles. The van der Waals surface area contributed by atoms with Crippen molar-refractivity contribution in [2.24, 2.45) is 0 Å². The van der Waals surface area contributed by atoms with E-state index >= 15 is 0 Å². The van der Waals surface area contributed by atoms with Crippen LogP contribution in [0, 0.1) is 11.6 Å². The van der Waals surface area contributed by atoms with E-state index in [1.165, 1.54) is 12.1 Å². The van der Waals surface area contributed by atoms with Crippen molar-refractivity contribution in [3.05, 3.63) is 46.9 Å². The minimum absolute atomic E-state index is 0.0210. The number of carbonyl (C=O) groups is 1. The zero-order chi connectivity index (χ0) is 13.3. The monoisotopic (exact) mass is 272 g/mol. The molecule has 1 amide bonds. The van der Waals surface area contributed by atoms with Crippen LogP contribution in [0.25, 0.3) is 0 Å². The van der Waals surface area contributed by atoms with Gasteiger partial charge in [0.05, 0.1) is 5.69 Å². The number of benzene rings is 1. The van der Waals surface area contributed by atoms with Gasteiger partial charge in [0.1, 0.15) is 11.5 Å². The third kappa shape index (κ3) is 2.43. The first kappa shape index (κ1) is 12.4. The summed E-state index contributed by atoms with van der Waals surface area (Å²) >= 11 is 5.50. The van der Waals surface area contributed by atoms with Crippen LogP contribution >= 0.6 is 11.6 Å². The van der Waals surface area contributed by atoms with Crippen molar-refractivity contribution in [3.8, 4) is 0 Å². The average molecular weight is 273 g/mol. The predicted molar refractivity (Wildman–Crippen MR) is 62.4 cm³/mol. The Kier molecular flexibility index (Phi) is 3.20. The van der Waals surface area contributed by atoms with E-state index in [0.29, 0.717) is 6.07 Å². The molecule has 94 valence electrons. The summed E-state index contributed by atoms with van der Waals surface area (Å²) in [5, 5.41) is 2.20. The molecule has 0 unspecified atom stereocenters. The molecule has 0 bridgehead atoms. The standard InChI is InChI=1S/C11H7ClF2N2O2/c12-9-2-1-8(18-9)11(17)16-10-6(14)3-5(13)4-7(10)15/h1-4H,15H2,(H,16,17). The summed E-state index contributed by atoms with van der Waals surface area (Å²) in [5.74, 6) is -2.65. The molecule has 0 saturated heterocycles. The number of rotatable bonds is 2. The third-order valence-electron chi connectivity index (χ3n) is 2.12. The maximum absolute atomic E-state index is 13.4. The molecule has 3 N–H and O–H groups in total. The van der Waals surface area contributed by atoms with Gasteiger partial charge in [-0.25, -0.2) is 8.78 Å². The highest BCUT2D eigenvalue weighted by Gasteiger charge is 2.16. The Balaban J connectivity index is 2.27. The number of anilines is 2. The largest absolute Gasteiger partial charge is 0.440 e. The van der Waals surface area contributed by atoms with Gasteiger partial charge in [0.2, 0.25) is 0 Å². The summed E-state index contributed by atoms with van der Waals surface area (Å²) in [4.78, 5) is 11.6. The molecule has 0 fully saturated rings. The third-order valence-corrected chi connectivity index (χ3v) is 2.32. The van der Waals surface area contributed by atoms with E-state index in [2.05, 4.69) is 5.32 Å². The lowest BCUT2D eigenvalue weighted by molar-refractivity contribution is 0.0996. The number of nitrogen functional groups attached to an aromatic ring is 1.